The first-order valence-corrected chi connectivity index (χ1v) is 11.7. The van der Waals surface area contributed by atoms with Crippen LogP contribution in [0.2, 0.25) is 0 Å². The van der Waals surface area contributed by atoms with Gasteiger partial charge in [-0.1, -0.05) is 49.3 Å². The van der Waals surface area contributed by atoms with Crippen LogP contribution in [0.3, 0.4) is 0 Å². The van der Waals surface area contributed by atoms with Gasteiger partial charge in [-0.2, -0.15) is 0 Å². The summed E-state index contributed by atoms with van der Waals surface area (Å²) in [5, 5.41) is 22.6. The number of allylic oxidation sites excluding steroid dienone is 2. The molecule has 0 saturated heterocycles. The maximum atomic E-state index is 9.79. The molecule has 0 amide bonds. The van der Waals surface area contributed by atoms with Crippen molar-refractivity contribution in [1.29, 1.82) is 0 Å². The van der Waals surface area contributed by atoms with Gasteiger partial charge in [0.15, 0.2) is 0 Å². The van der Waals surface area contributed by atoms with E-state index >= 15 is 0 Å². The van der Waals surface area contributed by atoms with Crippen molar-refractivity contribution in [3.05, 3.63) is 53.6 Å². The number of hydrogen-bond acceptors (Lipinski definition) is 5. The third-order valence-electron chi connectivity index (χ3n) is 5.93. The van der Waals surface area contributed by atoms with Gasteiger partial charge in [0, 0.05) is 25.2 Å². The standard InChI is InChI=1S/C26H41NO4/c1-30-25-14-5-4-12-24(25)13-6-9-18-31-17-8-3-2-7-16-27-21-26(22-29)15-10-11-23(19-26)20-28/h4-5,10-12,14-15,27-29H,2-3,6-9,13,16-22H2,1H3. The summed E-state index contributed by atoms with van der Waals surface area (Å²) in [5.41, 5.74) is 1.98. The summed E-state index contributed by atoms with van der Waals surface area (Å²) in [4.78, 5) is 0. The molecule has 31 heavy (non-hydrogen) atoms. The van der Waals surface area contributed by atoms with Crippen LogP contribution >= 0.6 is 0 Å². The van der Waals surface area contributed by atoms with Crippen LogP contribution in [0.5, 0.6) is 5.75 Å². The quantitative estimate of drug-likeness (QED) is 0.325. The van der Waals surface area contributed by atoms with Crippen molar-refractivity contribution < 1.29 is 19.7 Å². The van der Waals surface area contributed by atoms with Crippen molar-refractivity contribution in [2.75, 3.05) is 46.6 Å². The normalized spacial score (nSPS) is 18.2. The van der Waals surface area contributed by atoms with Gasteiger partial charge in [-0.15, -0.1) is 0 Å². The molecular formula is C26H41NO4. The van der Waals surface area contributed by atoms with Crippen LogP contribution in [0.1, 0.15) is 50.5 Å². The first kappa shape index (κ1) is 25.6. The van der Waals surface area contributed by atoms with E-state index in [9.17, 15) is 10.2 Å². The second-order valence-electron chi connectivity index (χ2n) is 8.51. The molecule has 0 spiro atoms. The molecule has 0 aromatic heterocycles. The molecular weight excluding hydrogens is 390 g/mol. The Morgan fingerprint density at radius 1 is 1.00 bits per heavy atom. The van der Waals surface area contributed by atoms with Crippen LogP contribution in [0.25, 0.3) is 0 Å². The van der Waals surface area contributed by atoms with Crippen LogP contribution in [-0.4, -0.2) is 56.8 Å². The fourth-order valence-corrected chi connectivity index (χ4v) is 4.03. The summed E-state index contributed by atoms with van der Waals surface area (Å²) in [6.07, 6.45) is 14.5. The molecule has 5 nitrogen and oxygen atoms in total. The Kier molecular flexibility index (Phi) is 12.5. The number of aliphatic hydroxyl groups excluding tert-OH is 2. The molecule has 2 rings (SSSR count). The summed E-state index contributed by atoms with van der Waals surface area (Å²) < 4.78 is 11.2. The number of ether oxygens (including phenoxy) is 2. The first-order chi connectivity index (χ1) is 15.2. The van der Waals surface area contributed by atoms with Crippen LogP contribution in [0, 0.1) is 5.41 Å². The summed E-state index contributed by atoms with van der Waals surface area (Å²) in [5.74, 6) is 0.978. The van der Waals surface area contributed by atoms with E-state index in [1.165, 1.54) is 18.4 Å². The summed E-state index contributed by atoms with van der Waals surface area (Å²) in [6.45, 7) is 3.54. The summed E-state index contributed by atoms with van der Waals surface area (Å²) in [7, 11) is 1.73. The Morgan fingerprint density at radius 2 is 1.77 bits per heavy atom. The van der Waals surface area contributed by atoms with Gasteiger partial charge < -0.3 is 25.0 Å². The number of nitrogens with one attached hydrogen (secondary N) is 1. The first-order valence-electron chi connectivity index (χ1n) is 11.7. The lowest BCUT2D eigenvalue weighted by Crippen LogP contribution is -2.37. The fraction of sp³-hybridized carbons (Fsp3) is 0.615. The van der Waals surface area contributed by atoms with E-state index in [1.54, 1.807) is 7.11 Å². The molecule has 174 valence electrons. The van der Waals surface area contributed by atoms with Crippen molar-refractivity contribution in [2.45, 2.75) is 51.4 Å². The highest BCUT2D eigenvalue weighted by Gasteiger charge is 2.28. The third kappa shape index (κ3) is 9.56. The fourth-order valence-electron chi connectivity index (χ4n) is 4.03. The second-order valence-corrected chi connectivity index (χ2v) is 8.51. The van der Waals surface area contributed by atoms with Gasteiger partial charge in [-0.3, -0.25) is 0 Å². The molecule has 0 aliphatic heterocycles. The molecule has 3 N–H and O–H groups in total. The SMILES string of the molecule is COc1ccccc1CCCCOCCCCCCNCC1(CO)C=CC=C(CO)C1. The van der Waals surface area contributed by atoms with E-state index in [0.29, 0.717) is 0 Å². The van der Waals surface area contributed by atoms with Gasteiger partial charge in [-0.25, -0.2) is 0 Å². The minimum Gasteiger partial charge on any atom is -0.496 e. The van der Waals surface area contributed by atoms with E-state index in [0.717, 1.165) is 76.2 Å². The number of aliphatic hydroxyl groups is 2. The lowest BCUT2D eigenvalue weighted by atomic mass is 9.79. The highest BCUT2D eigenvalue weighted by molar-refractivity contribution is 5.33. The Bertz CT molecular complexity index is 673. The average Bonchev–Trinajstić information content (AvgIpc) is 2.82. The molecule has 0 bridgehead atoms. The lowest BCUT2D eigenvalue weighted by molar-refractivity contribution is 0.126. The van der Waals surface area contributed by atoms with Gasteiger partial charge in [0.1, 0.15) is 5.75 Å². The monoisotopic (exact) mass is 431 g/mol. The molecule has 1 aliphatic carbocycles. The van der Waals surface area contributed by atoms with Crippen LogP contribution in [0.4, 0.5) is 0 Å². The maximum absolute atomic E-state index is 9.79. The summed E-state index contributed by atoms with van der Waals surface area (Å²) >= 11 is 0. The Hall–Kier alpha value is -1.66. The highest BCUT2D eigenvalue weighted by atomic mass is 16.5. The average molecular weight is 432 g/mol. The van der Waals surface area contributed by atoms with Crippen molar-refractivity contribution in [1.82, 2.24) is 5.32 Å². The Labute approximate surface area is 188 Å². The Balaban J connectivity index is 1.41. The molecule has 1 aliphatic rings. The molecule has 0 radical (unpaired) electrons. The number of para-hydroxylation sites is 1. The molecule has 1 aromatic carbocycles. The van der Waals surface area contributed by atoms with E-state index < -0.39 is 0 Å². The predicted molar refractivity (Wildman–Crippen MR) is 127 cm³/mol. The van der Waals surface area contributed by atoms with Crippen molar-refractivity contribution in [3.8, 4) is 5.75 Å². The number of rotatable bonds is 17. The minimum absolute atomic E-state index is 0.0654. The van der Waals surface area contributed by atoms with Crippen molar-refractivity contribution >= 4 is 0 Å². The highest BCUT2D eigenvalue weighted by Crippen LogP contribution is 2.30. The van der Waals surface area contributed by atoms with Gasteiger partial charge in [0.25, 0.3) is 0 Å². The van der Waals surface area contributed by atoms with Gasteiger partial charge >= 0.3 is 0 Å². The minimum atomic E-state index is -0.272. The molecule has 0 saturated carbocycles. The van der Waals surface area contributed by atoms with E-state index in [2.05, 4.69) is 23.5 Å². The molecule has 0 heterocycles. The van der Waals surface area contributed by atoms with E-state index in [4.69, 9.17) is 9.47 Å². The molecule has 1 unspecified atom stereocenters. The van der Waals surface area contributed by atoms with E-state index in [-0.39, 0.29) is 18.6 Å². The van der Waals surface area contributed by atoms with Gasteiger partial charge in [0.05, 0.1) is 20.3 Å². The van der Waals surface area contributed by atoms with Crippen LogP contribution < -0.4 is 10.1 Å². The number of benzene rings is 1. The third-order valence-corrected chi connectivity index (χ3v) is 5.93. The van der Waals surface area contributed by atoms with Crippen LogP contribution in [0.15, 0.2) is 48.1 Å². The maximum Gasteiger partial charge on any atom is 0.122 e. The van der Waals surface area contributed by atoms with Crippen LogP contribution in [-0.2, 0) is 11.2 Å². The topological polar surface area (TPSA) is 71.0 Å². The smallest absolute Gasteiger partial charge is 0.122 e. The van der Waals surface area contributed by atoms with Gasteiger partial charge in [0.2, 0.25) is 0 Å². The number of hydrogen-bond donors (Lipinski definition) is 3. The van der Waals surface area contributed by atoms with Gasteiger partial charge in [-0.05, 0) is 62.3 Å². The number of unbranched alkanes of at least 4 members (excludes halogenated alkanes) is 4. The second kappa shape index (κ2) is 15.2. The number of methoxy groups -OCH3 is 1. The molecule has 0 fully saturated rings. The molecule has 5 heteroatoms. The zero-order chi connectivity index (χ0) is 22.2. The summed E-state index contributed by atoms with van der Waals surface area (Å²) in [6, 6.07) is 8.22. The molecule has 1 atom stereocenters. The Morgan fingerprint density at radius 3 is 2.55 bits per heavy atom. The zero-order valence-electron chi connectivity index (χ0n) is 19.2. The lowest BCUT2D eigenvalue weighted by Gasteiger charge is -2.32. The molecule has 1 aromatic rings. The predicted octanol–water partition coefficient (Wildman–Crippen LogP) is 4.04. The van der Waals surface area contributed by atoms with Crippen molar-refractivity contribution in [3.63, 3.8) is 0 Å². The van der Waals surface area contributed by atoms with E-state index in [1.807, 2.05) is 24.3 Å². The zero-order valence-corrected chi connectivity index (χ0v) is 19.2. The largest absolute Gasteiger partial charge is 0.496 e. The number of aryl methyl sites for hydroxylation is 1. The van der Waals surface area contributed by atoms with Crippen molar-refractivity contribution in [2.24, 2.45) is 5.41 Å².